The van der Waals surface area contributed by atoms with Crippen LogP contribution in [0.3, 0.4) is 0 Å². The Morgan fingerprint density at radius 1 is 0.362 bits per heavy atom. The van der Waals surface area contributed by atoms with Crippen LogP contribution in [-0.4, -0.2) is 8.80 Å². The molecule has 0 unspecified atom stereocenters. The molecule has 0 spiro atoms. The number of fused-ring (bicyclic) bond motifs is 6. The van der Waals surface area contributed by atoms with Crippen molar-refractivity contribution in [1.82, 2.24) is 8.80 Å². The summed E-state index contributed by atoms with van der Waals surface area (Å²) in [7, 11) is 0. The molecule has 6 heterocycles. The highest BCUT2D eigenvalue weighted by molar-refractivity contribution is 6.24. The second kappa shape index (κ2) is 12.9. The summed E-state index contributed by atoms with van der Waals surface area (Å²) in [6.07, 6.45) is 3.03. The minimum Gasteiger partial charge on any atom is -0.308 e. The van der Waals surface area contributed by atoms with Crippen molar-refractivity contribution >= 4 is 98.5 Å². The zero-order valence-corrected chi connectivity index (χ0v) is 31.1. The lowest BCUT2D eigenvalue weighted by Crippen LogP contribution is -2.15. The summed E-state index contributed by atoms with van der Waals surface area (Å²) in [6.45, 7) is 4.09. The molecule has 0 saturated carbocycles. The van der Waals surface area contributed by atoms with Crippen LogP contribution in [0.15, 0.2) is 60.7 Å². The SMILES string of the molecule is CCCc1cc2c(=C(C#N)C#N)cc3c4cc5c(cc4c4cc(=C(C#N)C#N)c(c1)c2n34)c1cc(=C(C#N)C#N)c2cc(CCC)cc3c(=C(C#N)C#N)cc5n1c32. The van der Waals surface area contributed by atoms with Gasteiger partial charge < -0.3 is 8.80 Å². The second-order valence-corrected chi connectivity index (χ2v) is 14.4. The topological polar surface area (TPSA) is 199 Å². The van der Waals surface area contributed by atoms with Crippen LogP contribution < -0.4 is 20.9 Å². The Morgan fingerprint density at radius 3 is 0.810 bits per heavy atom. The molecule has 9 rings (SSSR count). The highest BCUT2D eigenvalue weighted by atomic mass is 14.9. The van der Waals surface area contributed by atoms with Crippen LogP contribution in [-0.2, 0) is 12.8 Å². The van der Waals surface area contributed by atoms with Gasteiger partial charge in [-0.3, -0.25) is 0 Å². The average molecular weight is 741 g/mol. The maximum Gasteiger partial charge on any atom is 0.137 e. The van der Waals surface area contributed by atoms with E-state index in [4.69, 9.17) is 0 Å². The number of aromatic nitrogens is 2. The van der Waals surface area contributed by atoms with Crippen molar-refractivity contribution in [3.8, 4) is 48.6 Å². The predicted molar refractivity (Wildman–Crippen MR) is 221 cm³/mol. The summed E-state index contributed by atoms with van der Waals surface area (Å²) in [6, 6.07) is 36.0. The predicted octanol–water partition coefficient (Wildman–Crippen LogP) is 6.68. The fourth-order valence-corrected chi connectivity index (χ4v) is 9.06. The van der Waals surface area contributed by atoms with Gasteiger partial charge in [-0.25, -0.2) is 0 Å². The van der Waals surface area contributed by atoms with Crippen molar-refractivity contribution in [3.05, 3.63) is 92.7 Å². The number of benzene rings is 3. The summed E-state index contributed by atoms with van der Waals surface area (Å²) in [5.74, 6) is 0. The molecular formula is C48H24N10. The molecule has 0 radical (unpaired) electrons. The number of rotatable bonds is 4. The van der Waals surface area contributed by atoms with Crippen LogP contribution in [0.4, 0.5) is 0 Å². The van der Waals surface area contributed by atoms with E-state index in [1.165, 1.54) is 0 Å². The van der Waals surface area contributed by atoms with Gasteiger partial charge in [-0.1, -0.05) is 26.7 Å². The molecule has 0 aliphatic heterocycles. The van der Waals surface area contributed by atoms with Crippen LogP contribution in [0.1, 0.15) is 37.8 Å². The number of pyridine rings is 4. The lowest BCUT2D eigenvalue weighted by Gasteiger charge is -2.14. The molecule has 0 N–H and O–H groups in total. The van der Waals surface area contributed by atoms with Gasteiger partial charge in [0, 0.05) is 64.0 Å². The third-order valence-electron chi connectivity index (χ3n) is 11.3. The number of hydrogen-bond donors (Lipinski definition) is 0. The Balaban J connectivity index is 1.63. The number of hydrogen-bond acceptors (Lipinski definition) is 8. The first-order valence-electron chi connectivity index (χ1n) is 18.5. The first-order valence-corrected chi connectivity index (χ1v) is 18.5. The molecule has 0 fully saturated rings. The molecule has 58 heavy (non-hydrogen) atoms. The Labute approximate surface area is 329 Å². The molecule has 0 aliphatic rings. The van der Waals surface area contributed by atoms with Crippen LogP contribution in [0.25, 0.3) is 98.5 Å². The first kappa shape index (κ1) is 34.8. The molecule has 10 heteroatoms. The quantitative estimate of drug-likeness (QED) is 0.190. The molecule has 3 aromatic carbocycles. The fourth-order valence-electron chi connectivity index (χ4n) is 9.06. The Morgan fingerprint density at radius 2 is 0.603 bits per heavy atom. The third kappa shape index (κ3) is 4.50. The van der Waals surface area contributed by atoms with E-state index < -0.39 is 0 Å². The molecule has 0 saturated heterocycles. The van der Waals surface area contributed by atoms with Crippen molar-refractivity contribution < 1.29 is 0 Å². The molecule has 9 aromatic rings. The van der Waals surface area contributed by atoms with Gasteiger partial charge in [0.25, 0.3) is 0 Å². The van der Waals surface area contributed by atoms with Gasteiger partial charge in [0.05, 0.1) is 33.1 Å². The molecule has 6 aromatic heterocycles. The van der Waals surface area contributed by atoms with Crippen LogP contribution >= 0.6 is 0 Å². The molecule has 0 bridgehead atoms. The van der Waals surface area contributed by atoms with E-state index in [2.05, 4.69) is 57.4 Å². The molecule has 0 amide bonds. The number of nitriles is 8. The van der Waals surface area contributed by atoms with Gasteiger partial charge in [-0.05, 0) is 84.6 Å². The van der Waals surface area contributed by atoms with E-state index in [9.17, 15) is 42.1 Å². The highest BCUT2D eigenvalue weighted by Crippen LogP contribution is 2.40. The monoisotopic (exact) mass is 740 g/mol. The zero-order chi connectivity index (χ0) is 40.6. The van der Waals surface area contributed by atoms with Crippen LogP contribution in [0.2, 0.25) is 0 Å². The van der Waals surface area contributed by atoms with Gasteiger partial charge in [-0.2, -0.15) is 42.1 Å². The summed E-state index contributed by atoms with van der Waals surface area (Å²) in [5, 5.41) is 89.1. The van der Waals surface area contributed by atoms with E-state index in [0.717, 1.165) is 45.5 Å². The molecule has 266 valence electrons. The molecule has 10 nitrogen and oxygen atoms in total. The zero-order valence-electron chi connectivity index (χ0n) is 31.1. The van der Waals surface area contributed by atoms with E-state index in [1.807, 2.05) is 74.5 Å². The smallest absolute Gasteiger partial charge is 0.137 e. The van der Waals surface area contributed by atoms with Crippen molar-refractivity contribution in [2.45, 2.75) is 39.5 Å². The number of aryl methyl sites for hydroxylation is 2. The van der Waals surface area contributed by atoms with Gasteiger partial charge >= 0.3 is 0 Å². The lowest BCUT2D eigenvalue weighted by atomic mass is 9.97. The standard InChI is InChI=1S/C48H24N10/c1-3-5-25-7-39-31(27(17-49)18-50)13-43-35-11-37-38(12-36(35)44-14-32(28(19-51)20-52)40(8-25)47(39)57(43)44)46-16-34(30(23-55)24-56)42-10-26(6-4-2)9-41-33(29(21-53)22-54)15-45(37)58(46)48(41)42/h7-16H,3-6H2,1-2H3. The molecule has 0 aliphatic carbocycles. The maximum atomic E-state index is 10.2. The summed E-state index contributed by atoms with van der Waals surface area (Å²) in [4.78, 5) is 0. The number of nitrogens with zero attached hydrogens (tertiary/aromatic N) is 10. The van der Waals surface area contributed by atoms with E-state index >= 15 is 0 Å². The second-order valence-electron chi connectivity index (χ2n) is 14.4. The summed E-state index contributed by atoms with van der Waals surface area (Å²) < 4.78 is 4.11. The van der Waals surface area contributed by atoms with Crippen LogP contribution in [0.5, 0.6) is 0 Å². The molecular weight excluding hydrogens is 717 g/mol. The Bertz CT molecular complexity index is 3450. The Kier molecular flexibility index (Phi) is 7.72. The van der Waals surface area contributed by atoms with Gasteiger partial charge in [0.1, 0.15) is 70.8 Å². The van der Waals surface area contributed by atoms with E-state index in [0.29, 0.717) is 88.4 Å². The normalized spacial score (nSPS) is 11.1. The Hall–Kier alpha value is -8.90. The first-order chi connectivity index (χ1) is 28.3. The fraction of sp³-hybridized carbons (Fsp3) is 0.125. The third-order valence-corrected chi connectivity index (χ3v) is 11.3. The minimum absolute atomic E-state index is 0.0793. The van der Waals surface area contributed by atoms with E-state index in [1.54, 1.807) is 0 Å². The molecule has 0 atom stereocenters. The van der Waals surface area contributed by atoms with Gasteiger partial charge in [0.15, 0.2) is 0 Å². The summed E-state index contributed by atoms with van der Waals surface area (Å²) in [5.41, 5.74) is 5.65. The highest BCUT2D eigenvalue weighted by Gasteiger charge is 2.23. The average Bonchev–Trinajstić information content (AvgIpc) is 3.72. The van der Waals surface area contributed by atoms with Crippen molar-refractivity contribution in [1.29, 1.82) is 42.1 Å². The summed E-state index contributed by atoms with van der Waals surface area (Å²) >= 11 is 0. The van der Waals surface area contributed by atoms with E-state index in [-0.39, 0.29) is 22.3 Å². The lowest BCUT2D eigenvalue weighted by molar-refractivity contribution is 0.924. The minimum atomic E-state index is -0.0793. The van der Waals surface area contributed by atoms with Gasteiger partial charge in [-0.15, -0.1) is 0 Å². The van der Waals surface area contributed by atoms with Gasteiger partial charge in [0.2, 0.25) is 0 Å². The maximum absolute atomic E-state index is 10.2. The van der Waals surface area contributed by atoms with Crippen molar-refractivity contribution in [3.63, 3.8) is 0 Å². The van der Waals surface area contributed by atoms with Crippen molar-refractivity contribution in [2.24, 2.45) is 0 Å². The largest absolute Gasteiger partial charge is 0.308 e. The van der Waals surface area contributed by atoms with Crippen LogP contribution in [0, 0.1) is 90.6 Å². The van der Waals surface area contributed by atoms with Crippen molar-refractivity contribution in [2.75, 3.05) is 0 Å².